The molecule has 2 aromatic carbocycles. The highest BCUT2D eigenvalue weighted by Crippen LogP contribution is 2.35. The Morgan fingerprint density at radius 1 is 0.941 bits per heavy atom. The van der Waals surface area contributed by atoms with E-state index in [1.165, 1.54) is 0 Å². The molecule has 1 aliphatic rings. The smallest absolute Gasteiger partial charge is 0.231 e. The lowest BCUT2D eigenvalue weighted by molar-refractivity contribution is 0.173. The summed E-state index contributed by atoms with van der Waals surface area (Å²) in [6, 6.07) is 16.1. The average Bonchev–Trinajstić information content (AvgIpc) is 2.86. The minimum Gasteiger partial charge on any atom is -0.454 e. The van der Waals surface area contributed by atoms with Crippen molar-refractivity contribution < 1.29 is 9.47 Å². The third-order valence-electron chi connectivity index (χ3n) is 2.73. The van der Waals surface area contributed by atoms with E-state index in [1.54, 1.807) is 0 Å². The number of hydrogen-bond acceptors (Lipinski definition) is 3. The molecule has 1 N–H and O–H groups in total. The van der Waals surface area contributed by atoms with Crippen LogP contribution in [-0.4, -0.2) is 6.79 Å². The maximum Gasteiger partial charge on any atom is 0.231 e. The first-order chi connectivity index (χ1) is 8.43. The van der Waals surface area contributed by atoms with Crippen molar-refractivity contribution in [2.24, 2.45) is 0 Å². The zero-order valence-corrected chi connectivity index (χ0v) is 9.35. The second kappa shape index (κ2) is 4.37. The SMILES string of the molecule is c1ccc(NCc2cccc3c2OCO3)cc1. The van der Waals surface area contributed by atoms with E-state index in [1.807, 2.05) is 48.5 Å². The Morgan fingerprint density at radius 3 is 2.71 bits per heavy atom. The van der Waals surface area contributed by atoms with Gasteiger partial charge in [0.05, 0.1) is 0 Å². The van der Waals surface area contributed by atoms with Crippen molar-refractivity contribution in [2.75, 3.05) is 12.1 Å². The molecule has 0 saturated carbocycles. The fourth-order valence-corrected chi connectivity index (χ4v) is 1.88. The predicted molar refractivity (Wildman–Crippen MR) is 66.3 cm³/mol. The normalized spacial score (nSPS) is 12.5. The van der Waals surface area contributed by atoms with Crippen LogP contribution in [0.3, 0.4) is 0 Å². The van der Waals surface area contributed by atoms with Crippen LogP contribution in [0.4, 0.5) is 5.69 Å². The lowest BCUT2D eigenvalue weighted by Crippen LogP contribution is -2.00. The maximum absolute atomic E-state index is 5.46. The molecular formula is C14H13NO2. The highest BCUT2D eigenvalue weighted by atomic mass is 16.7. The van der Waals surface area contributed by atoms with Crippen LogP contribution in [0, 0.1) is 0 Å². The van der Waals surface area contributed by atoms with E-state index >= 15 is 0 Å². The Labute approximate surface area is 100.0 Å². The molecule has 3 nitrogen and oxygen atoms in total. The van der Waals surface area contributed by atoms with Crippen LogP contribution in [0.15, 0.2) is 48.5 Å². The van der Waals surface area contributed by atoms with Crippen LogP contribution in [-0.2, 0) is 6.54 Å². The van der Waals surface area contributed by atoms with Gasteiger partial charge in [-0.2, -0.15) is 0 Å². The summed E-state index contributed by atoms with van der Waals surface area (Å²) in [7, 11) is 0. The van der Waals surface area contributed by atoms with Gasteiger partial charge in [0.2, 0.25) is 6.79 Å². The summed E-state index contributed by atoms with van der Waals surface area (Å²) in [4.78, 5) is 0. The lowest BCUT2D eigenvalue weighted by Gasteiger charge is -2.08. The molecular weight excluding hydrogens is 214 g/mol. The number of ether oxygens (including phenoxy) is 2. The van der Waals surface area contributed by atoms with Gasteiger partial charge in [-0.25, -0.2) is 0 Å². The first-order valence-electron chi connectivity index (χ1n) is 5.60. The average molecular weight is 227 g/mol. The topological polar surface area (TPSA) is 30.5 Å². The molecule has 0 fully saturated rings. The molecule has 2 aromatic rings. The summed E-state index contributed by atoms with van der Waals surface area (Å²) in [5.74, 6) is 1.69. The van der Waals surface area contributed by atoms with Gasteiger partial charge >= 0.3 is 0 Å². The second-order valence-electron chi connectivity index (χ2n) is 3.87. The first-order valence-corrected chi connectivity index (χ1v) is 5.60. The highest BCUT2D eigenvalue weighted by molar-refractivity contribution is 5.50. The number of rotatable bonds is 3. The fraction of sp³-hybridized carbons (Fsp3) is 0.143. The zero-order valence-electron chi connectivity index (χ0n) is 9.35. The largest absolute Gasteiger partial charge is 0.454 e. The van der Waals surface area contributed by atoms with Gasteiger partial charge in [0.25, 0.3) is 0 Å². The number of benzene rings is 2. The molecule has 0 spiro atoms. The van der Waals surface area contributed by atoms with Crippen molar-refractivity contribution in [3.05, 3.63) is 54.1 Å². The predicted octanol–water partition coefficient (Wildman–Crippen LogP) is 3.03. The van der Waals surface area contributed by atoms with Crippen LogP contribution >= 0.6 is 0 Å². The minimum absolute atomic E-state index is 0.317. The second-order valence-corrected chi connectivity index (χ2v) is 3.87. The molecule has 0 atom stereocenters. The van der Waals surface area contributed by atoms with Gasteiger partial charge in [-0.3, -0.25) is 0 Å². The number of nitrogens with one attached hydrogen (secondary N) is 1. The van der Waals surface area contributed by atoms with Crippen LogP contribution < -0.4 is 14.8 Å². The van der Waals surface area contributed by atoms with Crippen molar-refractivity contribution in [1.29, 1.82) is 0 Å². The Bertz CT molecular complexity index is 511. The number of fused-ring (bicyclic) bond motifs is 1. The van der Waals surface area contributed by atoms with Crippen molar-refractivity contribution in [3.63, 3.8) is 0 Å². The van der Waals surface area contributed by atoms with Crippen LogP contribution in [0.5, 0.6) is 11.5 Å². The summed E-state index contributed by atoms with van der Waals surface area (Å²) in [6.07, 6.45) is 0. The van der Waals surface area contributed by atoms with Gasteiger partial charge in [0.1, 0.15) is 0 Å². The van der Waals surface area contributed by atoms with Crippen LogP contribution in [0.1, 0.15) is 5.56 Å². The molecule has 0 amide bonds. The molecule has 0 bridgehead atoms. The molecule has 1 aliphatic heterocycles. The first kappa shape index (κ1) is 10.0. The molecule has 1 heterocycles. The molecule has 3 heteroatoms. The standard InChI is InChI=1S/C14H13NO2/c1-2-6-12(7-3-1)15-9-11-5-4-8-13-14(11)17-10-16-13/h1-8,15H,9-10H2. The quantitative estimate of drug-likeness (QED) is 0.874. The number of para-hydroxylation sites is 2. The number of hydrogen-bond donors (Lipinski definition) is 1. The molecule has 17 heavy (non-hydrogen) atoms. The molecule has 0 unspecified atom stereocenters. The summed E-state index contributed by atoms with van der Waals surface area (Å²) in [5, 5.41) is 3.36. The Kier molecular flexibility index (Phi) is 2.58. The van der Waals surface area contributed by atoms with Crippen molar-refractivity contribution in [3.8, 4) is 11.5 Å². The van der Waals surface area contributed by atoms with Crippen molar-refractivity contribution >= 4 is 5.69 Å². The van der Waals surface area contributed by atoms with Gasteiger partial charge in [-0.1, -0.05) is 30.3 Å². The molecule has 0 aromatic heterocycles. The highest BCUT2D eigenvalue weighted by Gasteiger charge is 2.16. The van der Waals surface area contributed by atoms with E-state index in [0.717, 1.165) is 29.3 Å². The van der Waals surface area contributed by atoms with Crippen molar-refractivity contribution in [2.45, 2.75) is 6.54 Å². The molecule has 0 saturated heterocycles. The monoisotopic (exact) mass is 227 g/mol. The lowest BCUT2D eigenvalue weighted by atomic mass is 10.2. The van der Waals surface area contributed by atoms with Gasteiger partial charge in [0.15, 0.2) is 11.5 Å². The molecule has 3 rings (SSSR count). The summed E-state index contributed by atoms with van der Waals surface area (Å²) < 4.78 is 10.8. The van der Waals surface area contributed by atoms with E-state index in [9.17, 15) is 0 Å². The summed E-state index contributed by atoms with van der Waals surface area (Å²) in [6.45, 7) is 1.05. The zero-order chi connectivity index (χ0) is 11.5. The van der Waals surface area contributed by atoms with E-state index in [4.69, 9.17) is 9.47 Å². The Hall–Kier alpha value is -2.16. The third kappa shape index (κ3) is 2.04. The van der Waals surface area contributed by atoms with E-state index in [0.29, 0.717) is 6.79 Å². The van der Waals surface area contributed by atoms with E-state index in [2.05, 4.69) is 5.32 Å². The summed E-state index contributed by atoms with van der Waals surface area (Å²) in [5.41, 5.74) is 2.22. The molecule has 0 aliphatic carbocycles. The van der Waals surface area contributed by atoms with E-state index < -0.39 is 0 Å². The Balaban J connectivity index is 1.76. The van der Waals surface area contributed by atoms with Gasteiger partial charge in [0, 0.05) is 17.8 Å². The Morgan fingerprint density at radius 2 is 1.82 bits per heavy atom. The summed E-state index contributed by atoms with van der Waals surface area (Å²) >= 11 is 0. The van der Waals surface area contributed by atoms with E-state index in [-0.39, 0.29) is 0 Å². The van der Waals surface area contributed by atoms with Crippen LogP contribution in [0.25, 0.3) is 0 Å². The van der Waals surface area contributed by atoms with Gasteiger partial charge in [-0.15, -0.1) is 0 Å². The number of anilines is 1. The minimum atomic E-state index is 0.317. The van der Waals surface area contributed by atoms with Gasteiger partial charge < -0.3 is 14.8 Å². The van der Waals surface area contributed by atoms with Crippen LogP contribution in [0.2, 0.25) is 0 Å². The van der Waals surface area contributed by atoms with Gasteiger partial charge in [-0.05, 0) is 18.2 Å². The fourth-order valence-electron chi connectivity index (χ4n) is 1.88. The third-order valence-corrected chi connectivity index (χ3v) is 2.73. The van der Waals surface area contributed by atoms with Crippen molar-refractivity contribution in [1.82, 2.24) is 0 Å². The molecule has 86 valence electrons. The maximum atomic E-state index is 5.46. The molecule has 0 radical (unpaired) electrons.